The predicted molar refractivity (Wildman–Crippen MR) is 63.4 cm³/mol. The summed E-state index contributed by atoms with van der Waals surface area (Å²) in [4.78, 5) is 10.8. The lowest BCUT2D eigenvalue weighted by Gasteiger charge is -2.26. The molecule has 1 fully saturated rings. The number of hydrogen-bond donors (Lipinski definition) is 2. The molecule has 1 aromatic rings. The number of aryl methyl sites for hydroxylation is 1. The van der Waals surface area contributed by atoms with Crippen molar-refractivity contribution in [3.8, 4) is 0 Å². The Kier molecular flexibility index (Phi) is 3.78. The van der Waals surface area contributed by atoms with Gasteiger partial charge in [0.1, 0.15) is 0 Å². The molecule has 2 N–H and O–H groups in total. The summed E-state index contributed by atoms with van der Waals surface area (Å²) in [6.07, 6.45) is 5.40. The molecule has 1 aliphatic rings. The van der Waals surface area contributed by atoms with E-state index in [1.807, 2.05) is 19.3 Å². The van der Waals surface area contributed by atoms with E-state index in [2.05, 4.69) is 10.4 Å². The first-order chi connectivity index (χ1) is 8.15. The number of rotatable bonds is 4. The summed E-state index contributed by atoms with van der Waals surface area (Å²) in [5.74, 6) is -0.781. The van der Waals surface area contributed by atoms with Gasteiger partial charge in [0.25, 0.3) is 0 Å². The van der Waals surface area contributed by atoms with Gasteiger partial charge in [-0.3, -0.25) is 9.48 Å². The zero-order valence-corrected chi connectivity index (χ0v) is 10.1. The summed E-state index contributed by atoms with van der Waals surface area (Å²) in [6, 6.07) is 2.43. The normalized spacial score (nSPS) is 24.8. The maximum Gasteiger partial charge on any atom is 0.306 e. The van der Waals surface area contributed by atoms with Gasteiger partial charge < -0.3 is 10.4 Å². The van der Waals surface area contributed by atoms with Crippen LogP contribution in [0.25, 0.3) is 0 Å². The molecule has 5 heteroatoms. The summed E-state index contributed by atoms with van der Waals surface area (Å²) in [7, 11) is 1.90. The van der Waals surface area contributed by atoms with Gasteiger partial charge in [0.15, 0.2) is 0 Å². The quantitative estimate of drug-likeness (QED) is 0.824. The molecule has 0 amide bonds. The molecule has 0 atom stereocenters. The largest absolute Gasteiger partial charge is 0.481 e. The van der Waals surface area contributed by atoms with Gasteiger partial charge in [-0.15, -0.1) is 0 Å². The molecule has 1 saturated carbocycles. The molecular weight excluding hydrogens is 218 g/mol. The number of carboxylic acids is 1. The fourth-order valence-electron chi connectivity index (χ4n) is 2.35. The van der Waals surface area contributed by atoms with Crippen molar-refractivity contribution in [1.29, 1.82) is 0 Å². The molecule has 0 unspecified atom stereocenters. The molecule has 2 rings (SSSR count). The second-order valence-electron chi connectivity index (χ2n) is 4.75. The topological polar surface area (TPSA) is 67.2 Å². The molecule has 0 saturated heterocycles. The van der Waals surface area contributed by atoms with Gasteiger partial charge in [0.2, 0.25) is 0 Å². The van der Waals surface area contributed by atoms with Crippen molar-refractivity contribution in [2.75, 3.05) is 0 Å². The van der Waals surface area contributed by atoms with Crippen molar-refractivity contribution in [3.63, 3.8) is 0 Å². The molecule has 0 radical (unpaired) electrons. The third-order valence-corrected chi connectivity index (χ3v) is 3.42. The van der Waals surface area contributed by atoms with E-state index < -0.39 is 5.97 Å². The Morgan fingerprint density at radius 3 is 2.76 bits per heavy atom. The Labute approximate surface area is 101 Å². The van der Waals surface area contributed by atoms with Crippen molar-refractivity contribution < 1.29 is 9.90 Å². The predicted octanol–water partition coefficient (Wildman–Crippen LogP) is 1.15. The van der Waals surface area contributed by atoms with Crippen LogP contribution in [0.2, 0.25) is 0 Å². The van der Waals surface area contributed by atoms with E-state index in [-0.39, 0.29) is 5.92 Å². The van der Waals surface area contributed by atoms with Crippen LogP contribution in [0.5, 0.6) is 0 Å². The summed E-state index contributed by atoms with van der Waals surface area (Å²) in [5, 5.41) is 16.6. The van der Waals surface area contributed by atoms with Crippen molar-refractivity contribution >= 4 is 5.97 Å². The zero-order chi connectivity index (χ0) is 12.3. The highest BCUT2D eigenvalue weighted by molar-refractivity contribution is 5.70. The molecular formula is C12H19N3O2. The highest BCUT2D eigenvalue weighted by Gasteiger charge is 2.25. The van der Waals surface area contributed by atoms with E-state index in [4.69, 9.17) is 5.11 Å². The standard InChI is InChI=1S/C12H19N3O2/c1-15-7-6-11(14-15)8-13-10-4-2-9(3-5-10)12(16)17/h6-7,9-10,13H,2-5,8H2,1H3,(H,16,17). The number of hydrogen-bond acceptors (Lipinski definition) is 3. The van der Waals surface area contributed by atoms with Gasteiger partial charge in [0, 0.05) is 25.8 Å². The molecule has 0 aliphatic heterocycles. The first-order valence-corrected chi connectivity index (χ1v) is 6.10. The van der Waals surface area contributed by atoms with Gasteiger partial charge in [-0.05, 0) is 31.7 Å². The van der Waals surface area contributed by atoms with Gasteiger partial charge in [-0.2, -0.15) is 5.10 Å². The summed E-state index contributed by atoms with van der Waals surface area (Å²) < 4.78 is 1.79. The number of carboxylic acid groups (broad SMARTS) is 1. The lowest BCUT2D eigenvalue weighted by Crippen LogP contribution is -2.34. The molecule has 17 heavy (non-hydrogen) atoms. The lowest BCUT2D eigenvalue weighted by atomic mass is 9.86. The van der Waals surface area contributed by atoms with Crippen molar-refractivity contribution in [2.45, 2.75) is 38.3 Å². The SMILES string of the molecule is Cn1ccc(CNC2CCC(C(=O)O)CC2)n1. The van der Waals surface area contributed by atoms with Gasteiger partial charge >= 0.3 is 5.97 Å². The second-order valence-corrected chi connectivity index (χ2v) is 4.75. The minimum absolute atomic E-state index is 0.136. The molecule has 5 nitrogen and oxygen atoms in total. The number of carbonyl (C=O) groups is 1. The Morgan fingerprint density at radius 1 is 1.53 bits per heavy atom. The molecule has 94 valence electrons. The van der Waals surface area contributed by atoms with E-state index in [0.29, 0.717) is 6.04 Å². The van der Waals surface area contributed by atoms with Crippen molar-refractivity contribution in [3.05, 3.63) is 18.0 Å². The smallest absolute Gasteiger partial charge is 0.306 e. The number of aliphatic carboxylic acids is 1. The van der Waals surface area contributed by atoms with Crippen LogP contribution in [0.15, 0.2) is 12.3 Å². The maximum atomic E-state index is 10.8. The van der Waals surface area contributed by atoms with E-state index >= 15 is 0 Å². The summed E-state index contributed by atoms with van der Waals surface area (Å²) in [5.41, 5.74) is 1.04. The summed E-state index contributed by atoms with van der Waals surface area (Å²) in [6.45, 7) is 0.767. The molecule has 0 spiro atoms. The molecule has 1 heterocycles. The molecule has 1 aromatic heterocycles. The lowest BCUT2D eigenvalue weighted by molar-refractivity contribution is -0.142. The minimum Gasteiger partial charge on any atom is -0.481 e. The third kappa shape index (κ3) is 3.30. The van der Waals surface area contributed by atoms with Crippen LogP contribution in [0.4, 0.5) is 0 Å². The first-order valence-electron chi connectivity index (χ1n) is 6.10. The van der Waals surface area contributed by atoms with Gasteiger partial charge in [0.05, 0.1) is 11.6 Å². The van der Waals surface area contributed by atoms with E-state index in [1.54, 1.807) is 4.68 Å². The van der Waals surface area contributed by atoms with Crippen LogP contribution in [0.1, 0.15) is 31.4 Å². The zero-order valence-electron chi connectivity index (χ0n) is 10.1. The molecule has 0 bridgehead atoms. The van der Waals surface area contributed by atoms with Crippen LogP contribution in [0, 0.1) is 5.92 Å². The number of nitrogens with zero attached hydrogens (tertiary/aromatic N) is 2. The van der Waals surface area contributed by atoms with Crippen LogP contribution in [-0.4, -0.2) is 26.9 Å². The monoisotopic (exact) mass is 237 g/mol. The highest BCUT2D eigenvalue weighted by atomic mass is 16.4. The maximum absolute atomic E-state index is 10.8. The molecule has 0 aromatic carbocycles. The van der Waals surface area contributed by atoms with Gasteiger partial charge in [-0.1, -0.05) is 0 Å². The average molecular weight is 237 g/mol. The van der Waals surface area contributed by atoms with Crippen LogP contribution in [0.3, 0.4) is 0 Å². The Morgan fingerprint density at radius 2 is 2.24 bits per heavy atom. The Balaban J connectivity index is 1.73. The van der Waals surface area contributed by atoms with Crippen LogP contribution in [-0.2, 0) is 18.4 Å². The Bertz CT molecular complexity index is 381. The van der Waals surface area contributed by atoms with E-state index in [0.717, 1.165) is 37.9 Å². The van der Waals surface area contributed by atoms with Gasteiger partial charge in [-0.25, -0.2) is 0 Å². The first kappa shape index (κ1) is 12.1. The van der Waals surface area contributed by atoms with Crippen molar-refractivity contribution in [2.24, 2.45) is 13.0 Å². The van der Waals surface area contributed by atoms with Crippen molar-refractivity contribution in [1.82, 2.24) is 15.1 Å². The Hall–Kier alpha value is -1.36. The second kappa shape index (κ2) is 5.31. The minimum atomic E-state index is -0.645. The van der Waals surface area contributed by atoms with Crippen LogP contribution < -0.4 is 5.32 Å². The fraction of sp³-hybridized carbons (Fsp3) is 0.667. The average Bonchev–Trinajstić information content (AvgIpc) is 2.73. The number of aromatic nitrogens is 2. The van der Waals surface area contributed by atoms with Crippen LogP contribution >= 0.6 is 0 Å². The van der Waals surface area contributed by atoms with E-state index in [9.17, 15) is 4.79 Å². The molecule has 1 aliphatic carbocycles. The number of nitrogens with one attached hydrogen (secondary N) is 1. The van der Waals surface area contributed by atoms with E-state index in [1.165, 1.54) is 0 Å². The summed E-state index contributed by atoms with van der Waals surface area (Å²) >= 11 is 0. The fourth-order valence-corrected chi connectivity index (χ4v) is 2.35. The highest BCUT2D eigenvalue weighted by Crippen LogP contribution is 2.24. The third-order valence-electron chi connectivity index (χ3n) is 3.42.